The Balaban J connectivity index is 1.90. The molecule has 0 bridgehead atoms. The molecule has 7 nitrogen and oxygen atoms in total. The summed E-state index contributed by atoms with van der Waals surface area (Å²) in [7, 11) is -2.13. The van der Waals surface area contributed by atoms with Crippen LogP contribution in [0.3, 0.4) is 0 Å². The number of ether oxygens (including phenoxy) is 1. The number of nitrogens with zero attached hydrogens (tertiary/aromatic N) is 1. The van der Waals surface area contributed by atoms with E-state index in [0.717, 1.165) is 6.26 Å². The quantitative estimate of drug-likeness (QED) is 0.700. The van der Waals surface area contributed by atoms with Crippen LogP contribution in [0.25, 0.3) is 0 Å². The lowest BCUT2D eigenvalue weighted by Crippen LogP contribution is -2.31. The van der Waals surface area contributed by atoms with E-state index in [9.17, 15) is 18.0 Å². The predicted molar refractivity (Wildman–Crippen MR) is 104 cm³/mol. The normalized spacial score (nSPS) is 10.9. The topological polar surface area (TPSA) is 92.8 Å². The molecule has 27 heavy (non-hydrogen) atoms. The van der Waals surface area contributed by atoms with Crippen LogP contribution in [-0.2, 0) is 19.6 Å². The number of para-hydroxylation sites is 1. The zero-order valence-corrected chi connectivity index (χ0v) is 16.0. The molecule has 0 fully saturated rings. The zero-order valence-electron chi connectivity index (χ0n) is 15.2. The Labute approximate surface area is 159 Å². The highest BCUT2D eigenvalue weighted by Crippen LogP contribution is 2.18. The number of esters is 1. The molecule has 0 aliphatic heterocycles. The number of methoxy groups -OCH3 is 1. The predicted octanol–water partition coefficient (Wildman–Crippen LogP) is 2.66. The van der Waals surface area contributed by atoms with Gasteiger partial charge in [-0.1, -0.05) is 18.2 Å². The highest BCUT2D eigenvalue weighted by atomic mass is 32.2. The molecule has 1 N–H and O–H groups in total. The van der Waals surface area contributed by atoms with E-state index in [1.165, 1.54) is 11.4 Å². The molecule has 2 aromatic rings. The van der Waals surface area contributed by atoms with Crippen LogP contribution >= 0.6 is 0 Å². The third-order valence-electron chi connectivity index (χ3n) is 3.80. The van der Waals surface area contributed by atoms with Crippen molar-refractivity contribution in [1.82, 2.24) is 0 Å². The van der Waals surface area contributed by atoms with Gasteiger partial charge in [0.1, 0.15) is 0 Å². The van der Waals surface area contributed by atoms with Crippen LogP contribution in [0.5, 0.6) is 0 Å². The lowest BCUT2D eigenvalue weighted by molar-refractivity contribution is -0.116. The second-order valence-corrected chi connectivity index (χ2v) is 7.80. The first-order valence-corrected chi connectivity index (χ1v) is 10.2. The first-order valence-electron chi connectivity index (χ1n) is 8.32. The maximum absolute atomic E-state index is 12.1. The molecule has 2 rings (SSSR count). The van der Waals surface area contributed by atoms with Gasteiger partial charge in [0.25, 0.3) is 0 Å². The Morgan fingerprint density at radius 2 is 1.67 bits per heavy atom. The lowest BCUT2D eigenvalue weighted by Gasteiger charge is -2.22. The van der Waals surface area contributed by atoms with Crippen molar-refractivity contribution in [2.45, 2.75) is 12.8 Å². The van der Waals surface area contributed by atoms with E-state index < -0.39 is 16.0 Å². The second-order valence-electron chi connectivity index (χ2n) is 5.89. The number of anilines is 2. The molecule has 0 aromatic heterocycles. The third-order valence-corrected chi connectivity index (χ3v) is 4.99. The molecular formula is C19H22N2O5S. The van der Waals surface area contributed by atoms with Crippen LogP contribution < -0.4 is 9.62 Å². The van der Waals surface area contributed by atoms with E-state index in [0.29, 0.717) is 23.4 Å². The number of carbonyl (C=O) groups is 2. The summed E-state index contributed by atoms with van der Waals surface area (Å²) >= 11 is 0. The smallest absolute Gasteiger partial charge is 0.337 e. The van der Waals surface area contributed by atoms with Crippen molar-refractivity contribution >= 4 is 33.3 Å². The van der Waals surface area contributed by atoms with Crippen LogP contribution in [0.1, 0.15) is 23.2 Å². The van der Waals surface area contributed by atoms with E-state index >= 15 is 0 Å². The molecule has 0 atom stereocenters. The average Bonchev–Trinajstić information content (AvgIpc) is 2.65. The monoisotopic (exact) mass is 390 g/mol. The fourth-order valence-electron chi connectivity index (χ4n) is 2.49. The Morgan fingerprint density at radius 1 is 1.04 bits per heavy atom. The summed E-state index contributed by atoms with van der Waals surface area (Å²) in [5.74, 6) is -0.683. The summed E-state index contributed by atoms with van der Waals surface area (Å²) < 4.78 is 29.9. The van der Waals surface area contributed by atoms with Gasteiger partial charge in [0.15, 0.2) is 0 Å². The number of rotatable bonds is 8. The second kappa shape index (κ2) is 9.18. The maximum atomic E-state index is 12.1. The van der Waals surface area contributed by atoms with Gasteiger partial charge >= 0.3 is 5.97 Å². The van der Waals surface area contributed by atoms with E-state index in [-0.39, 0.29) is 18.9 Å². The minimum Gasteiger partial charge on any atom is -0.465 e. The third kappa shape index (κ3) is 6.10. The van der Waals surface area contributed by atoms with Crippen molar-refractivity contribution in [2.24, 2.45) is 0 Å². The van der Waals surface area contributed by atoms with Crippen molar-refractivity contribution in [1.29, 1.82) is 0 Å². The largest absolute Gasteiger partial charge is 0.465 e. The molecule has 0 saturated heterocycles. The average molecular weight is 390 g/mol. The first-order chi connectivity index (χ1) is 12.8. The summed E-state index contributed by atoms with van der Waals surface area (Å²) in [5.41, 5.74) is 1.51. The standard InChI is InChI=1S/C19H22N2O5S/c1-26-19(23)15-10-12-16(13-11-15)20-18(22)9-6-14-21(27(2,24)25)17-7-4-3-5-8-17/h3-5,7-8,10-13H,6,9,14H2,1-2H3,(H,20,22). The van der Waals surface area contributed by atoms with Crippen LogP contribution in [-0.4, -0.2) is 40.2 Å². The SMILES string of the molecule is COC(=O)c1ccc(NC(=O)CCCN(c2ccccc2)S(C)(=O)=O)cc1. The van der Waals surface area contributed by atoms with Crippen molar-refractivity contribution in [3.63, 3.8) is 0 Å². The Hall–Kier alpha value is -2.87. The Bertz CT molecular complexity index is 880. The van der Waals surface area contributed by atoms with E-state index in [1.54, 1.807) is 48.5 Å². The number of amides is 1. The minimum absolute atomic E-state index is 0.164. The van der Waals surface area contributed by atoms with Crippen LogP contribution in [0.15, 0.2) is 54.6 Å². The van der Waals surface area contributed by atoms with E-state index in [2.05, 4.69) is 10.1 Å². The fraction of sp³-hybridized carbons (Fsp3) is 0.263. The summed E-state index contributed by atoms with van der Waals surface area (Å²) in [6.45, 7) is 0.206. The minimum atomic E-state index is -3.43. The molecule has 0 spiro atoms. The van der Waals surface area contributed by atoms with Crippen LogP contribution in [0.4, 0.5) is 11.4 Å². The summed E-state index contributed by atoms with van der Waals surface area (Å²) in [4.78, 5) is 23.5. The summed E-state index contributed by atoms with van der Waals surface area (Å²) in [6.07, 6.45) is 1.68. The lowest BCUT2D eigenvalue weighted by atomic mass is 10.2. The fourth-order valence-corrected chi connectivity index (χ4v) is 3.46. The Morgan fingerprint density at radius 3 is 2.22 bits per heavy atom. The number of carbonyl (C=O) groups excluding carboxylic acids is 2. The molecule has 0 heterocycles. The van der Waals surface area contributed by atoms with Gasteiger partial charge < -0.3 is 10.1 Å². The number of nitrogens with one attached hydrogen (secondary N) is 1. The molecule has 2 aromatic carbocycles. The van der Waals surface area contributed by atoms with Gasteiger partial charge in [-0.2, -0.15) is 0 Å². The van der Waals surface area contributed by atoms with Gasteiger partial charge in [-0.3, -0.25) is 9.10 Å². The number of benzene rings is 2. The number of hydrogen-bond donors (Lipinski definition) is 1. The highest BCUT2D eigenvalue weighted by Gasteiger charge is 2.17. The van der Waals surface area contributed by atoms with Gasteiger partial charge in [0, 0.05) is 18.7 Å². The van der Waals surface area contributed by atoms with E-state index in [4.69, 9.17) is 0 Å². The number of hydrogen-bond acceptors (Lipinski definition) is 5. The van der Waals surface area contributed by atoms with Crippen LogP contribution in [0.2, 0.25) is 0 Å². The first kappa shape index (κ1) is 20.4. The van der Waals surface area contributed by atoms with Gasteiger partial charge in [-0.25, -0.2) is 13.2 Å². The molecular weight excluding hydrogens is 368 g/mol. The molecule has 0 aliphatic carbocycles. The zero-order chi connectivity index (χ0) is 19.9. The molecule has 0 saturated carbocycles. The van der Waals surface area contributed by atoms with Crippen molar-refractivity contribution < 1.29 is 22.7 Å². The van der Waals surface area contributed by atoms with Crippen molar-refractivity contribution in [2.75, 3.05) is 29.5 Å². The molecule has 8 heteroatoms. The summed E-state index contributed by atoms with van der Waals surface area (Å²) in [6, 6.07) is 15.1. The number of sulfonamides is 1. The highest BCUT2D eigenvalue weighted by molar-refractivity contribution is 7.92. The molecule has 144 valence electrons. The maximum Gasteiger partial charge on any atom is 0.337 e. The molecule has 0 radical (unpaired) electrons. The van der Waals surface area contributed by atoms with Crippen LogP contribution in [0, 0.1) is 0 Å². The Kier molecular flexibility index (Phi) is 6.95. The summed E-state index contributed by atoms with van der Waals surface area (Å²) in [5, 5.41) is 2.72. The van der Waals surface area contributed by atoms with E-state index in [1.807, 2.05) is 6.07 Å². The van der Waals surface area contributed by atoms with Crippen molar-refractivity contribution in [3.8, 4) is 0 Å². The van der Waals surface area contributed by atoms with Gasteiger partial charge in [0.05, 0.1) is 24.6 Å². The van der Waals surface area contributed by atoms with Crippen molar-refractivity contribution in [3.05, 3.63) is 60.2 Å². The molecule has 0 unspecified atom stereocenters. The van der Waals surface area contributed by atoms with Gasteiger partial charge in [0.2, 0.25) is 15.9 Å². The van der Waals surface area contributed by atoms with Gasteiger partial charge in [-0.05, 0) is 42.8 Å². The molecule has 0 aliphatic rings. The van der Waals surface area contributed by atoms with Gasteiger partial charge in [-0.15, -0.1) is 0 Å². The molecule has 1 amide bonds.